The van der Waals surface area contributed by atoms with Crippen LogP contribution in [0.3, 0.4) is 0 Å². The molecule has 0 aromatic heterocycles. The van der Waals surface area contributed by atoms with E-state index in [1.807, 2.05) is 84.9 Å². The lowest BCUT2D eigenvalue weighted by Gasteiger charge is -2.36. The summed E-state index contributed by atoms with van der Waals surface area (Å²) < 4.78 is 7.10. The molecule has 0 radical (unpaired) electrons. The van der Waals surface area contributed by atoms with Crippen molar-refractivity contribution in [2.75, 3.05) is 0 Å². The Morgan fingerprint density at radius 3 is 1.60 bits per heavy atom. The number of aliphatic imine (C=N–C) groups is 3. The molecule has 332 valence electrons. The molecule has 8 aromatic rings. The minimum Gasteiger partial charge on any atom is -0.455 e. The van der Waals surface area contributed by atoms with Crippen molar-refractivity contribution in [1.82, 2.24) is 10.6 Å². The predicted molar refractivity (Wildman–Crippen MR) is 277 cm³/mol. The third kappa shape index (κ3) is 9.74. The molecule has 10 rings (SSSR count). The number of amidine groups is 3. The number of benzene rings is 8. The Balaban J connectivity index is 0.00000183. The van der Waals surface area contributed by atoms with Gasteiger partial charge in [0, 0.05) is 50.9 Å². The summed E-state index contributed by atoms with van der Waals surface area (Å²) in [4.78, 5) is 15.0. The van der Waals surface area contributed by atoms with Crippen molar-refractivity contribution in [3.63, 3.8) is 0 Å². The van der Waals surface area contributed by atoms with Crippen LogP contribution in [0.1, 0.15) is 91.0 Å². The van der Waals surface area contributed by atoms with Gasteiger partial charge in [-0.15, -0.1) is 0 Å². The van der Waals surface area contributed by atoms with Gasteiger partial charge in [0.2, 0.25) is 0 Å². The van der Waals surface area contributed by atoms with E-state index in [0.29, 0.717) is 12.4 Å². The number of nitrogens with two attached hydrogens (primary N) is 1. The summed E-state index contributed by atoms with van der Waals surface area (Å²) in [5.41, 5.74) is 18.8. The van der Waals surface area contributed by atoms with Crippen molar-refractivity contribution < 1.29 is 4.74 Å². The van der Waals surface area contributed by atoms with Crippen molar-refractivity contribution in [2.24, 2.45) is 20.7 Å². The molecule has 7 heteroatoms. The zero-order valence-corrected chi connectivity index (χ0v) is 38.5. The second-order valence-electron chi connectivity index (χ2n) is 17.4. The first kappa shape index (κ1) is 44.3. The molecule has 2 heterocycles. The largest absolute Gasteiger partial charge is 0.455 e. The highest BCUT2D eigenvalue weighted by molar-refractivity contribution is 6.16. The average molecular weight is 877 g/mol. The Bertz CT molecular complexity index is 3020. The second kappa shape index (κ2) is 20.1. The van der Waals surface area contributed by atoms with E-state index in [4.69, 9.17) is 25.4 Å². The Labute approximate surface area is 394 Å². The van der Waals surface area contributed by atoms with Crippen LogP contribution >= 0.6 is 0 Å². The van der Waals surface area contributed by atoms with E-state index in [1.54, 1.807) is 0 Å². The number of fused-ring (bicyclic) bond motifs is 2. The van der Waals surface area contributed by atoms with Crippen LogP contribution in [0.25, 0.3) is 22.3 Å². The molecule has 0 aliphatic carbocycles. The lowest BCUT2D eigenvalue weighted by atomic mass is 9.74. The van der Waals surface area contributed by atoms with Gasteiger partial charge in [-0.25, -0.2) is 15.0 Å². The van der Waals surface area contributed by atoms with E-state index in [-0.39, 0.29) is 17.7 Å². The first-order valence-electron chi connectivity index (χ1n) is 23.2. The molecule has 0 fully saturated rings. The van der Waals surface area contributed by atoms with Crippen molar-refractivity contribution in [1.29, 1.82) is 0 Å². The van der Waals surface area contributed by atoms with Crippen LogP contribution in [-0.2, 0) is 12.0 Å². The third-order valence-electron chi connectivity index (χ3n) is 12.2. The molecule has 2 atom stereocenters. The molecule has 2 aliphatic heterocycles. The summed E-state index contributed by atoms with van der Waals surface area (Å²) in [6, 6.07) is 70.8. The number of nitrogens with zero attached hydrogens (tertiary/aromatic N) is 3. The Kier molecular flexibility index (Phi) is 13.3. The Hall–Kier alpha value is -7.87. The average Bonchev–Trinajstić information content (AvgIpc) is 3.38. The van der Waals surface area contributed by atoms with Crippen LogP contribution in [0.4, 0.5) is 0 Å². The van der Waals surface area contributed by atoms with Gasteiger partial charge in [0.25, 0.3) is 0 Å². The van der Waals surface area contributed by atoms with Gasteiger partial charge in [-0.1, -0.05) is 240 Å². The molecular weight excluding hydrogens is 821 g/mol. The highest BCUT2D eigenvalue weighted by atomic mass is 16.5. The van der Waals surface area contributed by atoms with Gasteiger partial charge in [-0.2, -0.15) is 0 Å². The SMILES string of the molecule is CC1(C)c2cccc(-c3ccc(CNC(/N=C(\N)c4ccccc4)c4ccccc4)cc3)c2Oc2c(-c3ccc(C4=NC(c5ccccc5)N=C(c5ccccc5)N4)cc3)cccc21.CCC. The molecule has 8 aromatic carbocycles. The molecular formula is C60H56N6O. The van der Waals surface area contributed by atoms with E-state index >= 15 is 0 Å². The van der Waals surface area contributed by atoms with Crippen LogP contribution in [0.2, 0.25) is 0 Å². The summed E-state index contributed by atoms with van der Waals surface area (Å²) in [7, 11) is 0. The van der Waals surface area contributed by atoms with Crippen LogP contribution < -0.4 is 21.1 Å². The highest BCUT2D eigenvalue weighted by Crippen LogP contribution is 2.53. The minimum atomic E-state index is -0.358. The van der Waals surface area contributed by atoms with Gasteiger partial charge in [-0.3, -0.25) is 5.32 Å². The van der Waals surface area contributed by atoms with E-state index in [0.717, 1.165) is 89.9 Å². The van der Waals surface area contributed by atoms with Gasteiger partial charge in [0.1, 0.15) is 35.2 Å². The van der Waals surface area contributed by atoms with Gasteiger partial charge >= 0.3 is 0 Å². The summed E-state index contributed by atoms with van der Waals surface area (Å²) >= 11 is 0. The zero-order chi connectivity index (χ0) is 46.2. The van der Waals surface area contributed by atoms with Crippen molar-refractivity contribution >= 4 is 17.5 Å². The predicted octanol–water partition coefficient (Wildman–Crippen LogP) is 13.6. The van der Waals surface area contributed by atoms with Crippen LogP contribution in [-0.4, -0.2) is 17.5 Å². The fourth-order valence-electron chi connectivity index (χ4n) is 8.61. The molecule has 7 nitrogen and oxygen atoms in total. The number of ether oxygens (including phenoxy) is 1. The summed E-state index contributed by atoms with van der Waals surface area (Å²) in [6.07, 6.45) is 0.581. The molecule has 0 bridgehead atoms. The van der Waals surface area contributed by atoms with E-state index < -0.39 is 0 Å². The molecule has 0 spiro atoms. The Morgan fingerprint density at radius 1 is 0.582 bits per heavy atom. The zero-order valence-electron chi connectivity index (χ0n) is 38.5. The van der Waals surface area contributed by atoms with E-state index in [9.17, 15) is 0 Å². The molecule has 0 saturated carbocycles. The quantitative estimate of drug-likeness (QED) is 0.0891. The molecule has 67 heavy (non-hydrogen) atoms. The minimum absolute atomic E-state index is 0.310. The molecule has 0 saturated heterocycles. The maximum absolute atomic E-state index is 7.10. The second-order valence-corrected chi connectivity index (χ2v) is 17.4. The normalized spacial score (nSPS) is 15.2. The van der Waals surface area contributed by atoms with Crippen LogP contribution in [0, 0.1) is 0 Å². The number of hydrogen-bond acceptors (Lipinski definition) is 6. The Morgan fingerprint density at radius 2 is 1.04 bits per heavy atom. The summed E-state index contributed by atoms with van der Waals surface area (Å²) in [5, 5.41) is 7.17. The number of rotatable bonds is 11. The van der Waals surface area contributed by atoms with E-state index in [2.05, 4.69) is 160 Å². The smallest absolute Gasteiger partial charge is 0.169 e. The van der Waals surface area contributed by atoms with Crippen molar-refractivity contribution in [2.45, 2.75) is 58.4 Å². The molecule has 2 unspecified atom stereocenters. The third-order valence-corrected chi connectivity index (χ3v) is 12.2. The first-order chi connectivity index (χ1) is 32.8. The van der Waals surface area contributed by atoms with Crippen molar-refractivity contribution in [3.8, 4) is 33.8 Å². The lowest BCUT2D eigenvalue weighted by Crippen LogP contribution is -2.36. The topological polar surface area (TPSA) is 96.4 Å². The maximum Gasteiger partial charge on any atom is 0.169 e. The highest BCUT2D eigenvalue weighted by Gasteiger charge is 2.37. The van der Waals surface area contributed by atoms with Gasteiger partial charge in [-0.05, 0) is 27.8 Å². The fourth-order valence-corrected chi connectivity index (χ4v) is 8.61. The maximum atomic E-state index is 7.10. The van der Waals surface area contributed by atoms with Crippen LogP contribution in [0.15, 0.2) is 221 Å². The van der Waals surface area contributed by atoms with Crippen LogP contribution in [0.5, 0.6) is 11.5 Å². The molecule has 4 N–H and O–H groups in total. The van der Waals surface area contributed by atoms with E-state index in [1.165, 1.54) is 6.42 Å². The fraction of sp³-hybridized carbons (Fsp3) is 0.150. The number of para-hydroxylation sites is 2. The van der Waals surface area contributed by atoms with Gasteiger partial charge in [0.05, 0.1) is 0 Å². The van der Waals surface area contributed by atoms with Crippen molar-refractivity contribution in [3.05, 3.63) is 251 Å². The standard InChI is InChI=1S/C57H48N6O.C3H8/c1-57(2)48-27-15-25-46(39-31-29-38(30-32-39)37-59-53(42-19-9-4-10-20-42)60-52(58)41-17-7-3-8-18-41)50(48)64-51-47(26-16-28-49(51)57)40-33-35-45(36-34-40)56-62-54(43-21-11-5-12-22-43)61-55(63-56)44-23-13-6-14-24-44;1-3-2/h3-36,53-54,59H,37H2,1-2H3,(H2,58,60)(H,61,62,63);3H2,1-2H3. The first-order valence-corrected chi connectivity index (χ1v) is 23.2. The number of hydrogen-bond donors (Lipinski definition) is 3. The van der Waals surface area contributed by atoms with Gasteiger partial charge in [0.15, 0.2) is 6.17 Å². The van der Waals surface area contributed by atoms with Gasteiger partial charge < -0.3 is 15.8 Å². The monoisotopic (exact) mass is 876 g/mol. The lowest BCUT2D eigenvalue weighted by molar-refractivity contribution is 0.421. The molecule has 0 amide bonds. The summed E-state index contributed by atoms with van der Waals surface area (Å²) in [6.45, 7) is 9.43. The summed E-state index contributed by atoms with van der Waals surface area (Å²) in [5.74, 6) is 3.82. The molecule has 2 aliphatic rings. The number of nitrogens with one attached hydrogen (secondary N) is 2.